The van der Waals surface area contributed by atoms with Crippen molar-refractivity contribution in [3.05, 3.63) is 23.8 Å². The van der Waals surface area contributed by atoms with Crippen molar-refractivity contribution < 1.29 is 24.2 Å². The minimum Gasteiger partial charge on any atom is -0.507 e. The second-order valence-electron chi connectivity index (χ2n) is 4.64. The topological polar surface area (TPSA) is 76.1 Å². The van der Waals surface area contributed by atoms with Crippen LogP contribution in [0.2, 0.25) is 0 Å². The molecule has 0 aliphatic carbocycles. The van der Waals surface area contributed by atoms with Crippen LogP contribution >= 0.6 is 0 Å². The van der Waals surface area contributed by atoms with Gasteiger partial charge in [0.15, 0.2) is 0 Å². The average Bonchev–Trinajstić information content (AvgIpc) is 2.95. The predicted molar refractivity (Wildman–Crippen MR) is 70.7 cm³/mol. The Hall–Kier alpha value is -2.24. The van der Waals surface area contributed by atoms with Crippen LogP contribution in [0.3, 0.4) is 0 Å². The Kier molecular flexibility index (Phi) is 4.12. The quantitative estimate of drug-likeness (QED) is 0.836. The van der Waals surface area contributed by atoms with Crippen LogP contribution in [0.5, 0.6) is 11.5 Å². The molecular weight excluding hydrogens is 262 g/mol. The van der Waals surface area contributed by atoms with E-state index in [9.17, 15) is 14.7 Å². The van der Waals surface area contributed by atoms with Crippen LogP contribution < -0.4 is 4.74 Å². The van der Waals surface area contributed by atoms with E-state index in [1.54, 1.807) is 11.0 Å². The minimum absolute atomic E-state index is 0.129. The second-order valence-corrected chi connectivity index (χ2v) is 4.64. The summed E-state index contributed by atoms with van der Waals surface area (Å²) < 4.78 is 9.65. The van der Waals surface area contributed by atoms with Crippen LogP contribution in [0.4, 0.5) is 0 Å². The van der Waals surface area contributed by atoms with Gasteiger partial charge in [0.2, 0.25) is 0 Å². The lowest BCUT2D eigenvalue weighted by Crippen LogP contribution is -2.30. The number of hydrogen-bond donors (Lipinski definition) is 1. The molecule has 1 aromatic carbocycles. The SMILES string of the molecule is COC(=O)C1CCN(C(=O)c2ccc(OC)cc2O)C1. The number of nitrogens with zero attached hydrogens (tertiary/aromatic N) is 1. The van der Waals surface area contributed by atoms with Crippen molar-refractivity contribution in [2.24, 2.45) is 5.92 Å². The summed E-state index contributed by atoms with van der Waals surface area (Å²) in [4.78, 5) is 25.3. The zero-order valence-corrected chi connectivity index (χ0v) is 11.5. The molecule has 108 valence electrons. The van der Waals surface area contributed by atoms with Crippen LogP contribution in [-0.2, 0) is 9.53 Å². The molecule has 1 atom stereocenters. The summed E-state index contributed by atoms with van der Waals surface area (Å²) in [6.07, 6.45) is 0.579. The summed E-state index contributed by atoms with van der Waals surface area (Å²) in [7, 11) is 2.82. The van der Waals surface area contributed by atoms with E-state index in [0.717, 1.165) is 0 Å². The standard InChI is InChI=1S/C14H17NO5/c1-19-10-3-4-11(12(16)7-10)13(17)15-6-5-9(8-15)14(18)20-2/h3-4,7,9,16H,5-6,8H2,1-2H3. The molecule has 6 nitrogen and oxygen atoms in total. The Morgan fingerprint density at radius 3 is 2.70 bits per heavy atom. The van der Waals surface area contributed by atoms with Crippen molar-refractivity contribution >= 4 is 11.9 Å². The number of esters is 1. The number of benzene rings is 1. The van der Waals surface area contributed by atoms with Crippen molar-refractivity contribution in [2.75, 3.05) is 27.3 Å². The second kappa shape index (κ2) is 5.81. The highest BCUT2D eigenvalue weighted by Gasteiger charge is 2.32. The van der Waals surface area contributed by atoms with Crippen molar-refractivity contribution in [1.82, 2.24) is 4.90 Å². The summed E-state index contributed by atoms with van der Waals surface area (Å²) in [5.41, 5.74) is 0.205. The van der Waals surface area contributed by atoms with Gasteiger partial charge >= 0.3 is 5.97 Å². The van der Waals surface area contributed by atoms with Gasteiger partial charge in [0.25, 0.3) is 5.91 Å². The first kappa shape index (κ1) is 14.2. The van der Waals surface area contributed by atoms with E-state index < -0.39 is 0 Å². The number of carbonyl (C=O) groups excluding carboxylic acids is 2. The number of ether oxygens (including phenoxy) is 2. The highest BCUT2D eigenvalue weighted by atomic mass is 16.5. The van der Waals surface area contributed by atoms with Gasteiger partial charge in [0.1, 0.15) is 11.5 Å². The van der Waals surface area contributed by atoms with E-state index in [4.69, 9.17) is 4.74 Å². The van der Waals surface area contributed by atoms with Crippen LogP contribution in [-0.4, -0.2) is 49.2 Å². The zero-order valence-electron chi connectivity index (χ0n) is 11.5. The first-order chi connectivity index (χ1) is 9.56. The van der Waals surface area contributed by atoms with Crippen LogP contribution in [0.15, 0.2) is 18.2 Å². The fourth-order valence-electron chi connectivity index (χ4n) is 2.29. The molecule has 1 aliphatic heterocycles. The molecule has 6 heteroatoms. The fraction of sp³-hybridized carbons (Fsp3) is 0.429. The highest BCUT2D eigenvalue weighted by Crippen LogP contribution is 2.27. The largest absolute Gasteiger partial charge is 0.507 e. The maximum atomic E-state index is 12.3. The Labute approximate surface area is 116 Å². The molecule has 0 spiro atoms. The molecule has 0 bridgehead atoms. The number of aromatic hydroxyl groups is 1. The normalized spacial score (nSPS) is 17.9. The van der Waals surface area contributed by atoms with Gasteiger partial charge in [-0.05, 0) is 18.6 Å². The average molecular weight is 279 g/mol. The van der Waals surface area contributed by atoms with Crippen molar-refractivity contribution in [2.45, 2.75) is 6.42 Å². The summed E-state index contributed by atoms with van der Waals surface area (Å²) in [6.45, 7) is 0.793. The molecule has 1 amide bonds. The highest BCUT2D eigenvalue weighted by molar-refractivity contribution is 5.97. The number of methoxy groups -OCH3 is 2. The lowest BCUT2D eigenvalue weighted by molar-refractivity contribution is -0.144. The fourth-order valence-corrected chi connectivity index (χ4v) is 2.29. The van der Waals surface area contributed by atoms with E-state index in [1.807, 2.05) is 0 Å². The lowest BCUT2D eigenvalue weighted by Gasteiger charge is -2.17. The number of amides is 1. The Morgan fingerprint density at radius 2 is 2.10 bits per heavy atom. The third-order valence-electron chi connectivity index (χ3n) is 3.45. The number of carbonyl (C=O) groups is 2. The molecule has 1 N–H and O–H groups in total. The van der Waals surface area contributed by atoms with E-state index in [2.05, 4.69) is 4.74 Å². The van der Waals surface area contributed by atoms with Gasteiger partial charge in [0.05, 0.1) is 25.7 Å². The molecule has 1 saturated heterocycles. The number of likely N-dealkylation sites (tertiary alicyclic amines) is 1. The molecule has 20 heavy (non-hydrogen) atoms. The molecule has 1 unspecified atom stereocenters. The predicted octanol–water partition coefficient (Wildman–Crippen LogP) is 1.04. The smallest absolute Gasteiger partial charge is 0.310 e. The molecule has 1 heterocycles. The van der Waals surface area contributed by atoms with Crippen LogP contribution in [0.1, 0.15) is 16.8 Å². The monoisotopic (exact) mass is 279 g/mol. The number of phenolic OH excluding ortho intramolecular Hbond substituents is 1. The van der Waals surface area contributed by atoms with Crippen molar-refractivity contribution in [3.63, 3.8) is 0 Å². The molecule has 2 rings (SSSR count). The molecule has 0 radical (unpaired) electrons. The third-order valence-corrected chi connectivity index (χ3v) is 3.45. The van der Waals surface area contributed by atoms with E-state index in [0.29, 0.717) is 25.3 Å². The first-order valence-electron chi connectivity index (χ1n) is 6.31. The summed E-state index contributed by atoms with van der Waals surface area (Å²) in [5.74, 6) is -0.538. The van der Waals surface area contributed by atoms with Crippen LogP contribution in [0, 0.1) is 5.92 Å². The summed E-state index contributed by atoms with van der Waals surface area (Å²) in [6, 6.07) is 4.52. The summed E-state index contributed by atoms with van der Waals surface area (Å²) >= 11 is 0. The van der Waals surface area contributed by atoms with Gasteiger partial charge in [0, 0.05) is 19.2 Å². The number of hydrogen-bond acceptors (Lipinski definition) is 5. The van der Waals surface area contributed by atoms with Gasteiger partial charge in [-0.15, -0.1) is 0 Å². The van der Waals surface area contributed by atoms with E-state index >= 15 is 0 Å². The Bertz CT molecular complexity index is 528. The van der Waals surface area contributed by atoms with Crippen molar-refractivity contribution in [3.8, 4) is 11.5 Å². The molecule has 0 saturated carbocycles. The van der Waals surface area contributed by atoms with E-state index in [1.165, 1.54) is 26.4 Å². The van der Waals surface area contributed by atoms with Gasteiger partial charge in [-0.3, -0.25) is 9.59 Å². The number of phenols is 1. The Morgan fingerprint density at radius 1 is 1.35 bits per heavy atom. The molecule has 1 fully saturated rings. The van der Waals surface area contributed by atoms with Crippen molar-refractivity contribution in [1.29, 1.82) is 0 Å². The van der Waals surface area contributed by atoms with E-state index in [-0.39, 0.29) is 29.1 Å². The molecule has 1 aromatic rings. The Balaban J connectivity index is 2.11. The van der Waals surface area contributed by atoms with Crippen LogP contribution in [0.25, 0.3) is 0 Å². The molecular formula is C14H17NO5. The van der Waals surface area contributed by atoms with Gasteiger partial charge < -0.3 is 19.5 Å². The number of rotatable bonds is 3. The van der Waals surface area contributed by atoms with Gasteiger partial charge in [-0.1, -0.05) is 0 Å². The minimum atomic E-state index is -0.306. The third kappa shape index (κ3) is 2.68. The van der Waals surface area contributed by atoms with Gasteiger partial charge in [-0.25, -0.2) is 0 Å². The molecule has 0 aromatic heterocycles. The van der Waals surface area contributed by atoms with Gasteiger partial charge in [-0.2, -0.15) is 0 Å². The molecule has 1 aliphatic rings. The maximum absolute atomic E-state index is 12.3. The lowest BCUT2D eigenvalue weighted by atomic mass is 10.1. The first-order valence-corrected chi connectivity index (χ1v) is 6.31. The summed E-state index contributed by atoms with van der Waals surface area (Å²) in [5, 5.41) is 9.86. The maximum Gasteiger partial charge on any atom is 0.310 e. The zero-order chi connectivity index (χ0) is 14.7.